The van der Waals surface area contributed by atoms with E-state index in [0.717, 1.165) is 38.4 Å². The van der Waals surface area contributed by atoms with Gasteiger partial charge in [-0.25, -0.2) is 0 Å². The maximum Gasteiger partial charge on any atom is 0.222 e. The molecule has 0 radical (unpaired) electrons. The third-order valence-electron chi connectivity index (χ3n) is 4.65. The molecule has 2 aliphatic rings. The van der Waals surface area contributed by atoms with Crippen molar-refractivity contribution in [1.82, 2.24) is 15.1 Å². The van der Waals surface area contributed by atoms with Crippen molar-refractivity contribution in [2.75, 3.05) is 46.8 Å². The van der Waals surface area contributed by atoms with Crippen LogP contribution in [0.25, 0.3) is 0 Å². The van der Waals surface area contributed by atoms with Crippen LogP contribution in [0, 0.1) is 11.8 Å². The molecule has 0 aromatic carbocycles. The van der Waals surface area contributed by atoms with E-state index in [2.05, 4.69) is 17.3 Å². The smallest absolute Gasteiger partial charge is 0.222 e. The fraction of sp³-hybridized carbons (Fsp3) is 0.933. The molecule has 2 heterocycles. The number of carbonyl (C=O) groups excluding carboxylic acids is 1. The monoisotopic (exact) mass is 267 g/mol. The van der Waals surface area contributed by atoms with Gasteiger partial charge in [0, 0.05) is 26.6 Å². The zero-order valence-corrected chi connectivity index (χ0v) is 12.5. The highest BCUT2D eigenvalue weighted by atomic mass is 16.2. The van der Waals surface area contributed by atoms with Gasteiger partial charge in [0.05, 0.1) is 0 Å². The summed E-state index contributed by atoms with van der Waals surface area (Å²) in [6.45, 7) is 5.49. The van der Waals surface area contributed by atoms with Crippen molar-refractivity contribution in [1.29, 1.82) is 0 Å². The first-order valence-electron chi connectivity index (χ1n) is 7.78. The summed E-state index contributed by atoms with van der Waals surface area (Å²) in [5.41, 5.74) is 0. The van der Waals surface area contributed by atoms with Crippen LogP contribution in [0.4, 0.5) is 0 Å². The Morgan fingerprint density at radius 3 is 2.84 bits per heavy atom. The van der Waals surface area contributed by atoms with Gasteiger partial charge in [0.2, 0.25) is 5.91 Å². The number of amides is 1. The Kier molecular flexibility index (Phi) is 5.64. The number of nitrogens with zero attached hydrogens (tertiary/aromatic N) is 2. The number of likely N-dealkylation sites (tertiary alicyclic amines) is 1. The fourth-order valence-corrected chi connectivity index (χ4v) is 3.26. The Morgan fingerprint density at radius 1 is 1.37 bits per heavy atom. The van der Waals surface area contributed by atoms with Gasteiger partial charge in [-0.3, -0.25) is 4.79 Å². The molecule has 0 spiro atoms. The van der Waals surface area contributed by atoms with E-state index in [4.69, 9.17) is 0 Å². The van der Waals surface area contributed by atoms with Crippen LogP contribution in [0.1, 0.15) is 32.1 Å². The van der Waals surface area contributed by atoms with E-state index in [1.54, 1.807) is 0 Å². The highest BCUT2D eigenvalue weighted by Gasteiger charge is 2.22. The number of nitrogens with one attached hydrogen (secondary N) is 1. The van der Waals surface area contributed by atoms with E-state index in [1.807, 2.05) is 11.9 Å². The minimum atomic E-state index is 0.333. The third-order valence-corrected chi connectivity index (χ3v) is 4.65. The van der Waals surface area contributed by atoms with Gasteiger partial charge in [-0.2, -0.15) is 0 Å². The average Bonchev–Trinajstić information content (AvgIpc) is 2.83. The molecule has 2 atom stereocenters. The van der Waals surface area contributed by atoms with Gasteiger partial charge in [0.15, 0.2) is 0 Å². The SMILES string of the molecule is CN1CCC(CCN(C)C(=O)CC2CCCNC2)C1. The lowest BCUT2D eigenvalue weighted by Gasteiger charge is -2.25. The lowest BCUT2D eigenvalue weighted by Crippen LogP contribution is -2.35. The Balaban J connectivity index is 1.64. The molecule has 110 valence electrons. The molecule has 2 aliphatic heterocycles. The van der Waals surface area contributed by atoms with Crippen molar-refractivity contribution in [2.24, 2.45) is 11.8 Å². The van der Waals surface area contributed by atoms with Crippen molar-refractivity contribution >= 4 is 5.91 Å². The van der Waals surface area contributed by atoms with Gasteiger partial charge in [-0.15, -0.1) is 0 Å². The Labute approximate surface area is 117 Å². The maximum absolute atomic E-state index is 12.2. The molecule has 0 aromatic heterocycles. The van der Waals surface area contributed by atoms with Crippen LogP contribution in [0.5, 0.6) is 0 Å². The number of rotatable bonds is 5. The number of carbonyl (C=O) groups is 1. The summed E-state index contributed by atoms with van der Waals surface area (Å²) < 4.78 is 0. The predicted molar refractivity (Wildman–Crippen MR) is 78.1 cm³/mol. The summed E-state index contributed by atoms with van der Waals surface area (Å²) in [6, 6.07) is 0. The van der Waals surface area contributed by atoms with Crippen LogP contribution in [0.3, 0.4) is 0 Å². The summed E-state index contributed by atoms with van der Waals surface area (Å²) in [7, 11) is 4.15. The second-order valence-electron chi connectivity index (χ2n) is 6.44. The maximum atomic E-state index is 12.2. The van der Waals surface area contributed by atoms with Gasteiger partial charge in [-0.05, 0) is 64.2 Å². The molecule has 0 aliphatic carbocycles. The van der Waals surface area contributed by atoms with Crippen LogP contribution in [0.15, 0.2) is 0 Å². The standard InChI is InChI=1S/C15H29N3O/c1-17-8-5-13(12-17)6-9-18(2)15(19)10-14-4-3-7-16-11-14/h13-14,16H,3-12H2,1-2H3. The molecule has 2 saturated heterocycles. The molecule has 2 fully saturated rings. The first-order chi connectivity index (χ1) is 9.15. The van der Waals surface area contributed by atoms with Crippen molar-refractivity contribution in [3.05, 3.63) is 0 Å². The van der Waals surface area contributed by atoms with Crippen molar-refractivity contribution in [3.63, 3.8) is 0 Å². The summed E-state index contributed by atoms with van der Waals surface area (Å²) in [6.07, 6.45) is 5.62. The topological polar surface area (TPSA) is 35.6 Å². The van der Waals surface area contributed by atoms with Crippen molar-refractivity contribution in [2.45, 2.75) is 32.1 Å². The third kappa shape index (κ3) is 4.77. The van der Waals surface area contributed by atoms with Crippen LogP contribution in [0.2, 0.25) is 0 Å². The van der Waals surface area contributed by atoms with E-state index in [1.165, 1.54) is 32.4 Å². The Bertz CT molecular complexity index is 289. The minimum Gasteiger partial charge on any atom is -0.346 e. The molecule has 2 rings (SSSR count). The molecular formula is C15H29N3O. The summed E-state index contributed by atoms with van der Waals surface area (Å²) in [5, 5.41) is 3.38. The molecule has 19 heavy (non-hydrogen) atoms. The molecule has 0 saturated carbocycles. The van der Waals surface area contributed by atoms with Crippen molar-refractivity contribution in [3.8, 4) is 0 Å². The van der Waals surface area contributed by atoms with Gasteiger partial charge in [0.1, 0.15) is 0 Å². The number of hydrogen-bond donors (Lipinski definition) is 1. The molecule has 0 aromatic rings. The molecule has 4 nitrogen and oxygen atoms in total. The molecule has 1 amide bonds. The zero-order chi connectivity index (χ0) is 13.7. The largest absolute Gasteiger partial charge is 0.346 e. The van der Waals surface area contributed by atoms with Crippen LogP contribution in [-0.2, 0) is 4.79 Å². The zero-order valence-electron chi connectivity index (χ0n) is 12.5. The summed E-state index contributed by atoms with van der Waals surface area (Å²) >= 11 is 0. The Hall–Kier alpha value is -0.610. The normalized spacial score (nSPS) is 28.5. The van der Waals surface area contributed by atoms with E-state index < -0.39 is 0 Å². The highest BCUT2D eigenvalue weighted by molar-refractivity contribution is 5.76. The lowest BCUT2D eigenvalue weighted by atomic mass is 9.95. The molecule has 0 bridgehead atoms. The number of piperidine rings is 1. The van der Waals surface area contributed by atoms with Crippen LogP contribution < -0.4 is 5.32 Å². The van der Waals surface area contributed by atoms with Gasteiger partial charge >= 0.3 is 0 Å². The summed E-state index contributed by atoms with van der Waals surface area (Å²) in [4.78, 5) is 16.5. The quantitative estimate of drug-likeness (QED) is 0.812. The van der Waals surface area contributed by atoms with Crippen molar-refractivity contribution < 1.29 is 4.79 Å². The van der Waals surface area contributed by atoms with E-state index in [-0.39, 0.29) is 0 Å². The average molecular weight is 267 g/mol. The molecule has 4 heteroatoms. The first kappa shape index (κ1) is 14.8. The molecular weight excluding hydrogens is 238 g/mol. The van der Waals surface area contributed by atoms with Gasteiger partial charge in [-0.1, -0.05) is 0 Å². The second kappa shape index (κ2) is 7.25. The van der Waals surface area contributed by atoms with E-state index in [9.17, 15) is 4.79 Å². The predicted octanol–water partition coefficient (Wildman–Crippen LogP) is 1.18. The molecule has 2 unspecified atom stereocenters. The Morgan fingerprint density at radius 2 is 2.21 bits per heavy atom. The second-order valence-corrected chi connectivity index (χ2v) is 6.44. The summed E-state index contributed by atoms with van der Waals surface area (Å²) in [5.74, 6) is 1.68. The molecule has 1 N–H and O–H groups in total. The van der Waals surface area contributed by atoms with Gasteiger partial charge in [0.25, 0.3) is 0 Å². The lowest BCUT2D eigenvalue weighted by molar-refractivity contribution is -0.131. The van der Waals surface area contributed by atoms with E-state index >= 15 is 0 Å². The fourth-order valence-electron chi connectivity index (χ4n) is 3.26. The number of hydrogen-bond acceptors (Lipinski definition) is 3. The van der Waals surface area contributed by atoms with Crippen LogP contribution >= 0.6 is 0 Å². The van der Waals surface area contributed by atoms with E-state index in [0.29, 0.717) is 11.8 Å². The highest BCUT2D eigenvalue weighted by Crippen LogP contribution is 2.19. The minimum absolute atomic E-state index is 0.333. The first-order valence-corrected chi connectivity index (χ1v) is 7.78. The van der Waals surface area contributed by atoms with Crippen LogP contribution in [-0.4, -0.2) is 62.5 Å². The van der Waals surface area contributed by atoms with Gasteiger partial charge < -0.3 is 15.1 Å².